The normalized spacial score (nSPS) is 23.8. The number of H-pyrrole nitrogens is 1. The van der Waals surface area contributed by atoms with Gasteiger partial charge in [0.05, 0.1) is 11.3 Å². The highest BCUT2D eigenvalue weighted by molar-refractivity contribution is 5.63. The lowest BCUT2D eigenvalue weighted by Crippen LogP contribution is -2.49. The van der Waals surface area contributed by atoms with Crippen LogP contribution in [0.3, 0.4) is 0 Å². The van der Waals surface area contributed by atoms with Gasteiger partial charge in [-0.25, -0.2) is 9.37 Å². The standard InChI is InChI=1S/C26H28FN5O/c27-22-14-20(4-2-18(22)16-28)32-11-9-31(10-12-32)19-3-1-17(13-19)24-29-23-5-6-26(7-8-26)15-21(23)25(33)30-24/h2,4,13-14,19H,1,3,5-12,15H2,(H,29,30,33). The zero-order valence-electron chi connectivity index (χ0n) is 18.7. The quantitative estimate of drug-likeness (QED) is 0.784. The van der Waals surface area contributed by atoms with Gasteiger partial charge in [-0.1, -0.05) is 6.08 Å². The lowest BCUT2D eigenvalue weighted by atomic mass is 9.84. The summed E-state index contributed by atoms with van der Waals surface area (Å²) in [6.07, 6.45) is 9.77. The first-order valence-electron chi connectivity index (χ1n) is 12.1. The highest BCUT2D eigenvalue weighted by Gasteiger charge is 2.45. The third-order valence-electron chi connectivity index (χ3n) is 8.13. The van der Waals surface area contributed by atoms with Gasteiger partial charge in [0.2, 0.25) is 0 Å². The largest absolute Gasteiger partial charge is 0.369 e. The van der Waals surface area contributed by atoms with E-state index in [0.717, 1.165) is 80.2 Å². The Morgan fingerprint density at radius 1 is 1.15 bits per heavy atom. The van der Waals surface area contributed by atoms with E-state index < -0.39 is 5.82 Å². The summed E-state index contributed by atoms with van der Waals surface area (Å²) in [5, 5.41) is 8.94. The topological polar surface area (TPSA) is 76.0 Å². The fraction of sp³-hybridized carbons (Fsp3) is 0.500. The second-order valence-electron chi connectivity index (χ2n) is 10.1. The molecular formula is C26H28FN5O. The third-order valence-corrected chi connectivity index (χ3v) is 8.13. The maximum absolute atomic E-state index is 14.0. The van der Waals surface area contributed by atoms with Gasteiger partial charge >= 0.3 is 0 Å². The minimum Gasteiger partial charge on any atom is -0.369 e. The summed E-state index contributed by atoms with van der Waals surface area (Å²) >= 11 is 0. The van der Waals surface area contributed by atoms with Gasteiger partial charge in [-0.3, -0.25) is 9.69 Å². The number of allylic oxidation sites excluding steroid dienone is 1. The van der Waals surface area contributed by atoms with Crippen LogP contribution < -0.4 is 10.5 Å². The molecule has 7 heteroatoms. The summed E-state index contributed by atoms with van der Waals surface area (Å²) in [4.78, 5) is 25.4. The van der Waals surface area contributed by atoms with Gasteiger partial charge in [0.15, 0.2) is 0 Å². The van der Waals surface area contributed by atoms with E-state index in [1.165, 1.54) is 25.3 Å². The molecule has 0 amide bonds. The number of aromatic nitrogens is 2. The minimum absolute atomic E-state index is 0.0635. The van der Waals surface area contributed by atoms with E-state index in [2.05, 4.69) is 20.9 Å². The van der Waals surface area contributed by atoms with Crippen LogP contribution in [0.1, 0.15) is 54.7 Å². The second kappa shape index (κ2) is 7.81. The molecule has 1 saturated heterocycles. The number of fused-ring (bicyclic) bond motifs is 1. The first kappa shape index (κ1) is 20.6. The first-order valence-corrected chi connectivity index (χ1v) is 12.1. The number of aryl methyl sites for hydroxylation is 1. The maximum atomic E-state index is 14.0. The molecule has 1 aliphatic heterocycles. The number of nitrogens with one attached hydrogen (secondary N) is 1. The van der Waals surface area contributed by atoms with E-state index in [1.807, 2.05) is 12.1 Å². The van der Waals surface area contributed by atoms with Crippen molar-refractivity contribution in [1.82, 2.24) is 14.9 Å². The lowest BCUT2D eigenvalue weighted by Gasteiger charge is -2.38. The van der Waals surface area contributed by atoms with Crippen molar-refractivity contribution < 1.29 is 4.39 Å². The van der Waals surface area contributed by atoms with Crippen LogP contribution in [0.5, 0.6) is 0 Å². The molecule has 0 bridgehead atoms. The summed E-state index contributed by atoms with van der Waals surface area (Å²) in [5.74, 6) is 0.305. The Labute approximate surface area is 192 Å². The van der Waals surface area contributed by atoms with Crippen LogP contribution in [0.15, 0.2) is 29.1 Å². The fourth-order valence-corrected chi connectivity index (χ4v) is 5.83. The van der Waals surface area contributed by atoms with Crippen molar-refractivity contribution in [3.63, 3.8) is 0 Å². The molecule has 1 spiro atoms. The molecule has 1 aromatic carbocycles. The highest BCUT2D eigenvalue weighted by Crippen LogP contribution is 2.53. The molecule has 2 aromatic rings. The van der Waals surface area contributed by atoms with Crippen molar-refractivity contribution in [2.24, 2.45) is 5.41 Å². The third kappa shape index (κ3) is 3.76. The van der Waals surface area contributed by atoms with Crippen LogP contribution in [-0.4, -0.2) is 47.1 Å². The Morgan fingerprint density at radius 3 is 2.70 bits per heavy atom. The monoisotopic (exact) mass is 445 g/mol. The number of benzene rings is 1. The molecule has 170 valence electrons. The molecule has 4 aliphatic rings. The second-order valence-corrected chi connectivity index (χ2v) is 10.1. The Morgan fingerprint density at radius 2 is 1.97 bits per heavy atom. The lowest BCUT2D eigenvalue weighted by molar-refractivity contribution is 0.214. The number of piperazine rings is 1. The number of rotatable bonds is 3. The van der Waals surface area contributed by atoms with Gasteiger partial charge in [0.25, 0.3) is 5.56 Å². The van der Waals surface area contributed by atoms with E-state index in [9.17, 15) is 9.18 Å². The zero-order chi connectivity index (χ0) is 22.6. The summed E-state index contributed by atoms with van der Waals surface area (Å²) in [7, 11) is 0. The van der Waals surface area contributed by atoms with Crippen molar-refractivity contribution in [3.8, 4) is 6.07 Å². The van der Waals surface area contributed by atoms with E-state index in [4.69, 9.17) is 10.2 Å². The highest BCUT2D eigenvalue weighted by atomic mass is 19.1. The molecule has 6 nitrogen and oxygen atoms in total. The van der Waals surface area contributed by atoms with Crippen molar-refractivity contribution in [2.45, 2.75) is 51.0 Å². The van der Waals surface area contributed by atoms with Gasteiger partial charge < -0.3 is 9.88 Å². The summed E-state index contributed by atoms with van der Waals surface area (Å²) < 4.78 is 14.0. The van der Waals surface area contributed by atoms with Crippen LogP contribution in [0.4, 0.5) is 10.1 Å². The SMILES string of the molecule is N#Cc1ccc(N2CCN(C3C=C(c4nc5c(c(=O)[nH]4)CC4(CC5)CC4)CC3)CC2)cc1F. The molecule has 33 heavy (non-hydrogen) atoms. The molecule has 2 fully saturated rings. The molecule has 0 radical (unpaired) electrons. The van der Waals surface area contributed by atoms with Gasteiger partial charge in [-0.05, 0) is 74.1 Å². The number of aromatic amines is 1. The van der Waals surface area contributed by atoms with Gasteiger partial charge in [-0.2, -0.15) is 5.26 Å². The molecule has 1 aromatic heterocycles. The van der Waals surface area contributed by atoms with E-state index >= 15 is 0 Å². The van der Waals surface area contributed by atoms with Crippen LogP contribution in [-0.2, 0) is 12.8 Å². The summed E-state index contributed by atoms with van der Waals surface area (Å²) in [6.45, 7) is 3.43. The molecule has 1 atom stereocenters. The predicted molar refractivity (Wildman–Crippen MR) is 124 cm³/mol. The molecule has 3 aliphatic carbocycles. The smallest absolute Gasteiger partial charge is 0.254 e. The van der Waals surface area contributed by atoms with Crippen LogP contribution in [0.25, 0.3) is 5.57 Å². The number of halogens is 1. The summed E-state index contributed by atoms with van der Waals surface area (Å²) in [6, 6.07) is 7.07. The first-order chi connectivity index (χ1) is 16.0. The number of nitriles is 1. The molecule has 2 heterocycles. The van der Waals surface area contributed by atoms with Crippen LogP contribution in [0, 0.1) is 22.6 Å². The van der Waals surface area contributed by atoms with Crippen LogP contribution >= 0.6 is 0 Å². The van der Waals surface area contributed by atoms with Crippen molar-refractivity contribution >= 4 is 11.3 Å². The van der Waals surface area contributed by atoms with Crippen LogP contribution in [0.2, 0.25) is 0 Å². The van der Waals surface area contributed by atoms with E-state index in [1.54, 1.807) is 6.07 Å². The van der Waals surface area contributed by atoms with Crippen molar-refractivity contribution in [1.29, 1.82) is 5.26 Å². The molecule has 1 saturated carbocycles. The number of hydrogen-bond donors (Lipinski definition) is 1. The Balaban J connectivity index is 1.13. The average Bonchev–Trinajstić information content (AvgIpc) is 3.39. The molecule has 6 rings (SSSR count). The number of anilines is 1. The van der Waals surface area contributed by atoms with Gasteiger partial charge in [0.1, 0.15) is 17.7 Å². The Bertz CT molecular complexity index is 1230. The number of nitrogens with zero attached hydrogens (tertiary/aromatic N) is 4. The Hall–Kier alpha value is -2.98. The van der Waals surface area contributed by atoms with Gasteiger partial charge in [0, 0.05) is 43.5 Å². The molecule has 1 N–H and O–H groups in total. The zero-order valence-corrected chi connectivity index (χ0v) is 18.7. The van der Waals surface area contributed by atoms with E-state index in [-0.39, 0.29) is 11.1 Å². The predicted octanol–water partition coefficient (Wildman–Crippen LogP) is 3.42. The van der Waals surface area contributed by atoms with E-state index in [0.29, 0.717) is 11.5 Å². The molecule has 1 unspecified atom stereocenters. The van der Waals surface area contributed by atoms with Gasteiger partial charge in [-0.15, -0.1) is 0 Å². The van der Waals surface area contributed by atoms with Crippen molar-refractivity contribution in [2.75, 3.05) is 31.1 Å². The minimum atomic E-state index is -0.459. The average molecular weight is 446 g/mol. The van der Waals surface area contributed by atoms with Crippen molar-refractivity contribution in [3.05, 3.63) is 63.1 Å². The maximum Gasteiger partial charge on any atom is 0.254 e. The summed E-state index contributed by atoms with van der Waals surface area (Å²) in [5.41, 5.74) is 4.48. The number of hydrogen-bond acceptors (Lipinski definition) is 5. The fourth-order valence-electron chi connectivity index (χ4n) is 5.83. The Kier molecular flexibility index (Phi) is 4.88. The molecular weight excluding hydrogens is 417 g/mol.